The highest BCUT2D eigenvalue weighted by molar-refractivity contribution is 6.32. The minimum Gasteiger partial charge on any atom is -0.454 e. The zero-order valence-corrected chi connectivity index (χ0v) is 9.79. The van der Waals surface area contributed by atoms with Crippen LogP contribution in [0, 0.1) is 10.1 Å². The van der Waals surface area contributed by atoms with Crippen LogP contribution in [-0.4, -0.2) is 9.91 Å². The van der Waals surface area contributed by atoms with Crippen LogP contribution in [0.5, 0.6) is 11.5 Å². The monoisotopic (exact) mass is 265 g/mol. The van der Waals surface area contributed by atoms with Crippen molar-refractivity contribution in [2.45, 2.75) is 0 Å². The third-order valence-electron chi connectivity index (χ3n) is 2.16. The van der Waals surface area contributed by atoms with Gasteiger partial charge in [0, 0.05) is 24.4 Å². The quantitative estimate of drug-likeness (QED) is 0.680. The predicted octanol–water partition coefficient (Wildman–Crippen LogP) is 3.02. The maximum absolute atomic E-state index is 10.6. The van der Waals surface area contributed by atoms with Gasteiger partial charge in [-0.05, 0) is 6.07 Å². The van der Waals surface area contributed by atoms with Crippen molar-refractivity contribution in [1.82, 2.24) is 4.98 Å². The largest absolute Gasteiger partial charge is 0.454 e. The Bertz CT molecular complexity index is 604. The molecule has 0 radical (unpaired) electrons. The summed E-state index contributed by atoms with van der Waals surface area (Å²) in [6.07, 6.45) is 2.96. The van der Waals surface area contributed by atoms with E-state index in [4.69, 9.17) is 22.1 Å². The molecule has 0 atom stereocenters. The van der Waals surface area contributed by atoms with Gasteiger partial charge in [0.05, 0.1) is 21.8 Å². The van der Waals surface area contributed by atoms with E-state index in [1.807, 2.05) is 0 Å². The van der Waals surface area contributed by atoms with Crippen molar-refractivity contribution in [3.8, 4) is 11.5 Å². The summed E-state index contributed by atoms with van der Waals surface area (Å²) in [4.78, 5) is 13.8. The number of nitrogen functional groups attached to an aromatic ring is 1. The maximum Gasteiger partial charge on any atom is 0.271 e. The Balaban J connectivity index is 2.30. The van der Waals surface area contributed by atoms with Gasteiger partial charge in [0.1, 0.15) is 5.75 Å². The van der Waals surface area contributed by atoms with Gasteiger partial charge in [-0.15, -0.1) is 0 Å². The molecule has 0 fully saturated rings. The molecule has 7 heteroatoms. The van der Waals surface area contributed by atoms with Crippen molar-refractivity contribution in [3.05, 3.63) is 51.8 Å². The van der Waals surface area contributed by atoms with Crippen LogP contribution in [0.15, 0.2) is 36.7 Å². The second-order valence-electron chi connectivity index (χ2n) is 3.39. The lowest BCUT2D eigenvalue weighted by Gasteiger charge is -2.08. The first-order valence-electron chi connectivity index (χ1n) is 4.89. The van der Waals surface area contributed by atoms with E-state index >= 15 is 0 Å². The molecule has 2 aromatic rings. The molecule has 0 amide bonds. The molecule has 0 unspecified atom stereocenters. The molecule has 1 aromatic carbocycles. The molecule has 0 aliphatic rings. The highest BCUT2D eigenvalue weighted by Gasteiger charge is 2.11. The maximum atomic E-state index is 10.6. The van der Waals surface area contributed by atoms with Gasteiger partial charge in [-0.1, -0.05) is 11.6 Å². The fourth-order valence-corrected chi connectivity index (χ4v) is 1.50. The zero-order chi connectivity index (χ0) is 13.1. The summed E-state index contributed by atoms with van der Waals surface area (Å²) in [5, 5.41) is 10.7. The highest BCUT2D eigenvalue weighted by Crippen LogP contribution is 2.33. The number of hydrogen-bond acceptors (Lipinski definition) is 5. The van der Waals surface area contributed by atoms with Gasteiger partial charge in [0.2, 0.25) is 0 Å². The van der Waals surface area contributed by atoms with E-state index in [1.54, 1.807) is 6.07 Å². The summed E-state index contributed by atoms with van der Waals surface area (Å²) in [6.45, 7) is 0. The molecule has 0 aliphatic heterocycles. The number of nitrogens with zero attached hydrogens (tertiary/aromatic N) is 2. The van der Waals surface area contributed by atoms with Gasteiger partial charge >= 0.3 is 0 Å². The van der Waals surface area contributed by atoms with Gasteiger partial charge in [0.15, 0.2) is 5.75 Å². The van der Waals surface area contributed by atoms with Crippen molar-refractivity contribution < 1.29 is 9.66 Å². The number of anilines is 1. The Hall–Kier alpha value is -2.34. The fraction of sp³-hybridized carbons (Fsp3) is 0. The lowest BCUT2D eigenvalue weighted by Crippen LogP contribution is -1.94. The number of nitro groups is 1. The standard InChI is InChI=1S/C11H8ClN3O3/c12-8-5-7(15(16)17)1-2-10(8)18-11-3-4-14-6-9(11)13/h1-6H,13H2. The second-order valence-corrected chi connectivity index (χ2v) is 3.79. The van der Waals surface area contributed by atoms with Gasteiger partial charge in [-0.3, -0.25) is 15.1 Å². The number of ether oxygens (including phenoxy) is 1. The Morgan fingerprint density at radius 2 is 2.11 bits per heavy atom. The van der Waals surface area contributed by atoms with E-state index in [9.17, 15) is 10.1 Å². The van der Waals surface area contributed by atoms with Gasteiger partial charge in [0.25, 0.3) is 5.69 Å². The SMILES string of the molecule is Nc1cnccc1Oc1ccc([N+](=O)[O-])cc1Cl. The highest BCUT2D eigenvalue weighted by atomic mass is 35.5. The number of benzene rings is 1. The molecule has 2 N–H and O–H groups in total. The normalized spacial score (nSPS) is 10.1. The third-order valence-corrected chi connectivity index (χ3v) is 2.45. The molecule has 0 saturated carbocycles. The van der Waals surface area contributed by atoms with Crippen LogP contribution in [-0.2, 0) is 0 Å². The van der Waals surface area contributed by atoms with E-state index in [1.165, 1.54) is 30.6 Å². The summed E-state index contributed by atoms with van der Waals surface area (Å²) < 4.78 is 5.46. The molecule has 1 heterocycles. The van der Waals surface area contributed by atoms with E-state index in [0.29, 0.717) is 17.2 Å². The van der Waals surface area contributed by atoms with Crippen LogP contribution < -0.4 is 10.5 Å². The Labute approximate surface area is 107 Å². The van der Waals surface area contributed by atoms with E-state index < -0.39 is 4.92 Å². The average Bonchev–Trinajstić information content (AvgIpc) is 2.34. The molecule has 0 saturated heterocycles. The van der Waals surface area contributed by atoms with Crippen molar-refractivity contribution in [3.63, 3.8) is 0 Å². The molecule has 0 spiro atoms. The number of hydrogen-bond donors (Lipinski definition) is 1. The number of aromatic nitrogens is 1. The minimum absolute atomic E-state index is 0.102. The van der Waals surface area contributed by atoms with Crippen LogP contribution in [0.25, 0.3) is 0 Å². The van der Waals surface area contributed by atoms with Crippen LogP contribution >= 0.6 is 11.6 Å². The summed E-state index contributed by atoms with van der Waals surface area (Å²) in [7, 11) is 0. The predicted molar refractivity (Wildman–Crippen MR) is 66.8 cm³/mol. The first-order valence-corrected chi connectivity index (χ1v) is 5.27. The Morgan fingerprint density at radius 1 is 1.33 bits per heavy atom. The number of nitro benzene ring substituents is 1. The molecular formula is C11H8ClN3O3. The second kappa shape index (κ2) is 4.89. The first-order chi connectivity index (χ1) is 8.58. The smallest absolute Gasteiger partial charge is 0.271 e. The molecule has 6 nitrogen and oxygen atoms in total. The Morgan fingerprint density at radius 3 is 2.72 bits per heavy atom. The molecule has 0 bridgehead atoms. The van der Waals surface area contributed by atoms with Crippen LogP contribution in [0.4, 0.5) is 11.4 Å². The number of rotatable bonds is 3. The first kappa shape index (κ1) is 12.1. The molecule has 92 valence electrons. The van der Waals surface area contributed by atoms with Crippen molar-refractivity contribution in [2.24, 2.45) is 0 Å². The van der Waals surface area contributed by atoms with Crippen LogP contribution in [0.2, 0.25) is 5.02 Å². The zero-order valence-electron chi connectivity index (χ0n) is 9.04. The molecule has 0 aliphatic carbocycles. The molecule has 18 heavy (non-hydrogen) atoms. The third kappa shape index (κ3) is 2.49. The van der Waals surface area contributed by atoms with E-state index in [-0.39, 0.29) is 10.7 Å². The summed E-state index contributed by atoms with van der Waals surface area (Å²) in [5.41, 5.74) is 5.91. The van der Waals surface area contributed by atoms with Gasteiger partial charge in [-0.2, -0.15) is 0 Å². The lowest BCUT2D eigenvalue weighted by atomic mass is 10.3. The summed E-state index contributed by atoms with van der Waals surface area (Å²) >= 11 is 5.89. The average molecular weight is 266 g/mol. The minimum atomic E-state index is -0.531. The number of halogens is 1. The fourth-order valence-electron chi connectivity index (χ4n) is 1.29. The number of pyridine rings is 1. The van der Waals surface area contributed by atoms with Crippen molar-refractivity contribution >= 4 is 23.0 Å². The molecule has 1 aromatic heterocycles. The number of nitrogens with two attached hydrogens (primary N) is 1. The Kier molecular flexibility index (Phi) is 3.29. The molecular weight excluding hydrogens is 258 g/mol. The van der Waals surface area contributed by atoms with Crippen molar-refractivity contribution in [2.75, 3.05) is 5.73 Å². The van der Waals surface area contributed by atoms with Crippen LogP contribution in [0.1, 0.15) is 0 Å². The van der Waals surface area contributed by atoms with Gasteiger partial charge in [-0.25, -0.2) is 0 Å². The van der Waals surface area contributed by atoms with Crippen LogP contribution in [0.3, 0.4) is 0 Å². The topological polar surface area (TPSA) is 91.3 Å². The summed E-state index contributed by atoms with van der Waals surface area (Å²) in [5.74, 6) is 0.681. The lowest BCUT2D eigenvalue weighted by molar-refractivity contribution is -0.384. The summed E-state index contributed by atoms with van der Waals surface area (Å²) in [6, 6.07) is 5.51. The van der Waals surface area contributed by atoms with Crippen molar-refractivity contribution in [1.29, 1.82) is 0 Å². The molecule has 2 rings (SSSR count). The van der Waals surface area contributed by atoms with Gasteiger partial charge < -0.3 is 10.5 Å². The number of non-ortho nitro benzene ring substituents is 1. The van der Waals surface area contributed by atoms with E-state index in [0.717, 1.165) is 0 Å². The van der Waals surface area contributed by atoms with E-state index in [2.05, 4.69) is 4.98 Å².